The molecule has 6 nitrogen and oxygen atoms in total. The third-order valence-electron chi connectivity index (χ3n) is 4.09. The van der Waals surface area contributed by atoms with Crippen molar-refractivity contribution in [1.29, 1.82) is 0 Å². The van der Waals surface area contributed by atoms with Crippen molar-refractivity contribution in [2.75, 3.05) is 5.32 Å². The number of benzene rings is 1. The van der Waals surface area contributed by atoms with Crippen LogP contribution in [0, 0.1) is 0 Å². The zero-order valence-corrected chi connectivity index (χ0v) is 15.3. The Morgan fingerprint density at radius 3 is 2.84 bits per heavy atom. The molecule has 3 rings (SSSR count). The number of hydrogen-bond acceptors (Lipinski definition) is 5. The predicted octanol–water partition coefficient (Wildman–Crippen LogP) is 3.92. The Kier molecular flexibility index (Phi) is 5.33. The second-order valence-corrected chi connectivity index (χ2v) is 7.19. The van der Waals surface area contributed by atoms with Crippen molar-refractivity contribution >= 4 is 34.4 Å². The zero-order chi connectivity index (χ0) is 17.8. The summed E-state index contributed by atoms with van der Waals surface area (Å²) in [6, 6.07) is 9.86. The van der Waals surface area contributed by atoms with Gasteiger partial charge in [0, 0.05) is 11.5 Å². The van der Waals surface area contributed by atoms with Gasteiger partial charge in [-0.25, -0.2) is 14.6 Å². The van der Waals surface area contributed by atoms with Gasteiger partial charge in [0.1, 0.15) is 17.2 Å². The lowest BCUT2D eigenvalue weighted by Crippen LogP contribution is -2.25. The third kappa shape index (κ3) is 3.82. The monoisotopic (exact) mass is 355 g/mol. The molecule has 25 heavy (non-hydrogen) atoms. The predicted molar refractivity (Wildman–Crippen MR) is 101 cm³/mol. The van der Waals surface area contributed by atoms with Gasteiger partial charge in [-0.1, -0.05) is 36.9 Å². The number of amides is 1. The number of carbonyl (C=O) groups excluding carboxylic acids is 1. The van der Waals surface area contributed by atoms with Crippen LogP contribution in [0.15, 0.2) is 47.9 Å². The molecule has 7 heteroatoms. The highest BCUT2D eigenvalue weighted by Gasteiger charge is 2.19. The van der Waals surface area contributed by atoms with Gasteiger partial charge in [-0.2, -0.15) is 5.10 Å². The first kappa shape index (κ1) is 17.4. The summed E-state index contributed by atoms with van der Waals surface area (Å²) in [6.45, 7) is 6.05. The summed E-state index contributed by atoms with van der Waals surface area (Å²) in [5, 5.41) is 8.74. The highest BCUT2D eigenvalue weighted by atomic mass is 32.2. The Morgan fingerprint density at radius 1 is 1.24 bits per heavy atom. The van der Waals surface area contributed by atoms with E-state index in [4.69, 9.17) is 0 Å². The Morgan fingerprint density at radius 2 is 2.04 bits per heavy atom. The molecule has 0 spiro atoms. The van der Waals surface area contributed by atoms with Crippen LogP contribution >= 0.6 is 11.8 Å². The molecule has 0 aliphatic rings. The van der Waals surface area contributed by atoms with Crippen LogP contribution in [-0.4, -0.2) is 30.9 Å². The highest BCUT2D eigenvalue weighted by Crippen LogP contribution is 2.28. The van der Waals surface area contributed by atoms with Crippen molar-refractivity contribution in [3.63, 3.8) is 0 Å². The van der Waals surface area contributed by atoms with E-state index in [0.29, 0.717) is 0 Å². The molecular formula is C18H21N5OS. The summed E-state index contributed by atoms with van der Waals surface area (Å²) in [4.78, 5) is 21.2. The molecule has 0 saturated carbocycles. The summed E-state index contributed by atoms with van der Waals surface area (Å²) in [5.41, 5.74) is 0.877. The number of fused-ring (bicyclic) bond motifs is 1. The SMILES string of the molecule is CC[C@H](C)n1nccc1NC(=O)[C@@H](C)Sc1ncnc2ccccc12. The third-order valence-corrected chi connectivity index (χ3v) is 5.21. The first-order valence-corrected chi connectivity index (χ1v) is 9.19. The molecule has 0 aliphatic carbocycles. The number of aromatic nitrogens is 4. The summed E-state index contributed by atoms with van der Waals surface area (Å²) in [6.07, 6.45) is 4.19. The van der Waals surface area contributed by atoms with E-state index in [0.717, 1.165) is 28.2 Å². The Bertz CT molecular complexity index is 873. The number of nitrogens with one attached hydrogen (secondary N) is 1. The second-order valence-electron chi connectivity index (χ2n) is 5.86. The fraction of sp³-hybridized carbons (Fsp3) is 0.333. The molecule has 1 aromatic carbocycles. The van der Waals surface area contributed by atoms with Crippen molar-refractivity contribution in [2.24, 2.45) is 0 Å². The lowest BCUT2D eigenvalue weighted by molar-refractivity contribution is -0.115. The molecule has 0 radical (unpaired) electrons. The molecule has 0 aliphatic heterocycles. The van der Waals surface area contributed by atoms with Crippen LogP contribution < -0.4 is 5.32 Å². The molecule has 2 heterocycles. The largest absolute Gasteiger partial charge is 0.310 e. The van der Waals surface area contributed by atoms with Gasteiger partial charge in [0.05, 0.1) is 23.0 Å². The van der Waals surface area contributed by atoms with E-state index in [1.54, 1.807) is 6.20 Å². The standard InChI is InChI=1S/C18H21N5OS/c1-4-12(2)23-16(9-10-21-23)22-17(24)13(3)25-18-14-7-5-6-8-15(14)19-11-20-18/h5-13H,4H2,1-3H3,(H,22,24)/t12-,13+/m0/s1. The van der Waals surface area contributed by atoms with Crippen LogP contribution in [0.1, 0.15) is 33.2 Å². The molecule has 0 fully saturated rings. The molecule has 1 amide bonds. The average Bonchev–Trinajstić information content (AvgIpc) is 3.09. The fourth-order valence-corrected chi connectivity index (χ4v) is 3.37. The smallest absolute Gasteiger partial charge is 0.238 e. The minimum atomic E-state index is -0.293. The Hall–Kier alpha value is -2.41. The number of nitrogens with zero attached hydrogens (tertiary/aromatic N) is 4. The van der Waals surface area contributed by atoms with Crippen molar-refractivity contribution in [2.45, 2.75) is 43.5 Å². The van der Waals surface area contributed by atoms with Crippen LogP contribution in [-0.2, 0) is 4.79 Å². The maximum Gasteiger partial charge on any atom is 0.238 e. The molecule has 130 valence electrons. The van der Waals surface area contributed by atoms with E-state index in [1.807, 2.05) is 41.9 Å². The summed E-state index contributed by atoms with van der Waals surface area (Å²) < 4.78 is 1.84. The second kappa shape index (κ2) is 7.65. The first-order chi connectivity index (χ1) is 12.1. The minimum absolute atomic E-state index is 0.0715. The maximum absolute atomic E-state index is 12.6. The number of anilines is 1. The normalized spacial score (nSPS) is 13.6. The van der Waals surface area contributed by atoms with E-state index in [1.165, 1.54) is 18.1 Å². The van der Waals surface area contributed by atoms with Gasteiger partial charge < -0.3 is 5.32 Å². The van der Waals surface area contributed by atoms with Crippen molar-refractivity contribution in [3.05, 3.63) is 42.9 Å². The Balaban J connectivity index is 1.74. The molecule has 2 aromatic heterocycles. The lowest BCUT2D eigenvalue weighted by atomic mass is 10.2. The highest BCUT2D eigenvalue weighted by molar-refractivity contribution is 8.00. The lowest BCUT2D eigenvalue weighted by Gasteiger charge is -2.16. The Labute approximate surface area is 151 Å². The number of thioether (sulfide) groups is 1. The maximum atomic E-state index is 12.6. The van der Waals surface area contributed by atoms with Crippen molar-refractivity contribution in [3.8, 4) is 0 Å². The summed E-state index contributed by atoms with van der Waals surface area (Å²) in [7, 11) is 0. The van der Waals surface area contributed by atoms with Crippen LogP contribution in [0.4, 0.5) is 5.82 Å². The van der Waals surface area contributed by atoms with E-state index in [-0.39, 0.29) is 17.2 Å². The molecule has 0 saturated heterocycles. The van der Waals surface area contributed by atoms with E-state index in [2.05, 4.69) is 34.2 Å². The molecule has 3 aromatic rings. The van der Waals surface area contributed by atoms with Gasteiger partial charge in [0.2, 0.25) is 5.91 Å². The topological polar surface area (TPSA) is 72.7 Å². The number of hydrogen-bond donors (Lipinski definition) is 1. The molecule has 2 atom stereocenters. The molecule has 0 unspecified atom stereocenters. The fourth-order valence-electron chi connectivity index (χ4n) is 2.46. The first-order valence-electron chi connectivity index (χ1n) is 8.31. The van der Waals surface area contributed by atoms with E-state index >= 15 is 0 Å². The zero-order valence-electron chi connectivity index (χ0n) is 14.5. The van der Waals surface area contributed by atoms with Gasteiger partial charge in [-0.15, -0.1) is 0 Å². The molecule has 1 N–H and O–H groups in total. The van der Waals surface area contributed by atoms with Gasteiger partial charge in [-0.05, 0) is 26.3 Å². The van der Waals surface area contributed by atoms with Gasteiger partial charge in [0.25, 0.3) is 0 Å². The number of carbonyl (C=O) groups is 1. The minimum Gasteiger partial charge on any atom is -0.310 e. The van der Waals surface area contributed by atoms with Gasteiger partial charge in [-0.3, -0.25) is 4.79 Å². The van der Waals surface area contributed by atoms with Crippen LogP contribution in [0.25, 0.3) is 10.9 Å². The molecule has 0 bridgehead atoms. The summed E-state index contributed by atoms with van der Waals surface area (Å²) >= 11 is 1.43. The van der Waals surface area contributed by atoms with E-state index in [9.17, 15) is 4.79 Å². The van der Waals surface area contributed by atoms with Gasteiger partial charge >= 0.3 is 0 Å². The number of rotatable bonds is 6. The van der Waals surface area contributed by atoms with Crippen molar-refractivity contribution in [1.82, 2.24) is 19.7 Å². The van der Waals surface area contributed by atoms with Crippen LogP contribution in [0.2, 0.25) is 0 Å². The summed E-state index contributed by atoms with van der Waals surface area (Å²) in [5.74, 6) is 0.650. The van der Waals surface area contributed by atoms with Crippen LogP contribution in [0.3, 0.4) is 0 Å². The van der Waals surface area contributed by atoms with E-state index < -0.39 is 0 Å². The molecular weight excluding hydrogens is 334 g/mol. The quantitative estimate of drug-likeness (QED) is 0.536. The number of para-hydroxylation sites is 1. The average molecular weight is 355 g/mol. The van der Waals surface area contributed by atoms with Gasteiger partial charge in [0.15, 0.2) is 0 Å². The van der Waals surface area contributed by atoms with Crippen molar-refractivity contribution < 1.29 is 4.79 Å². The van der Waals surface area contributed by atoms with Crippen LogP contribution in [0.5, 0.6) is 0 Å².